The fraction of sp³-hybridized carbons (Fsp3) is 0.611. The van der Waals surface area contributed by atoms with Crippen LogP contribution >= 0.6 is 0 Å². The number of hydrogen-bond donors (Lipinski definition) is 1. The highest BCUT2D eigenvalue weighted by atomic mass is 16.6. The van der Waals surface area contributed by atoms with E-state index in [-0.39, 0.29) is 18.2 Å². The van der Waals surface area contributed by atoms with Crippen molar-refractivity contribution in [2.75, 3.05) is 0 Å². The van der Waals surface area contributed by atoms with E-state index in [1.54, 1.807) is 23.2 Å². The van der Waals surface area contributed by atoms with Crippen LogP contribution in [0.3, 0.4) is 0 Å². The summed E-state index contributed by atoms with van der Waals surface area (Å²) in [4.78, 5) is 18.5. The molecule has 2 fully saturated rings. The Morgan fingerprint density at radius 1 is 1.42 bits per heavy atom. The zero-order valence-electron chi connectivity index (χ0n) is 14.3. The van der Waals surface area contributed by atoms with E-state index in [1.807, 2.05) is 20.8 Å². The predicted octanol–water partition coefficient (Wildman–Crippen LogP) is 2.70. The lowest BCUT2D eigenvalue weighted by Gasteiger charge is -2.43. The number of carbonyl (C=O) groups is 1. The number of fused-ring (bicyclic) bond motifs is 2. The summed E-state index contributed by atoms with van der Waals surface area (Å²) in [5, 5.41) is 20.2. The molecule has 2 atom stereocenters. The Labute approximate surface area is 142 Å². The lowest BCUT2D eigenvalue weighted by atomic mass is 9.83. The first-order chi connectivity index (χ1) is 11.2. The summed E-state index contributed by atoms with van der Waals surface area (Å²) in [7, 11) is 0. The number of pyridine rings is 1. The monoisotopic (exact) mass is 329 g/mol. The molecule has 1 amide bonds. The molecule has 0 saturated carbocycles. The van der Waals surface area contributed by atoms with Crippen LogP contribution in [0.5, 0.6) is 0 Å². The van der Waals surface area contributed by atoms with E-state index in [9.17, 15) is 9.90 Å². The highest BCUT2D eigenvalue weighted by Gasteiger charge is 2.51. The largest absolute Gasteiger partial charge is 0.444 e. The maximum atomic E-state index is 12.5. The van der Waals surface area contributed by atoms with Crippen LogP contribution < -0.4 is 0 Å². The highest BCUT2D eigenvalue weighted by Crippen LogP contribution is 2.45. The first-order valence-electron chi connectivity index (χ1n) is 8.32. The van der Waals surface area contributed by atoms with E-state index in [0.717, 1.165) is 12.8 Å². The van der Waals surface area contributed by atoms with Crippen LogP contribution in [0.2, 0.25) is 0 Å². The Bertz CT molecular complexity index is 675. The molecule has 0 spiro atoms. The van der Waals surface area contributed by atoms with Gasteiger partial charge in [-0.3, -0.25) is 4.98 Å². The third kappa shape index (κ3) is 3.09. The van der Waals surface area contributed by atoms with E-state index in [2.05, 4.69) is 11.1 Å². The summed E-state index contributed by atoms with van der Waals surface area (Å²) in [5.74, 6) is 0. The van der Waals surface area contributed by atoms with Crippen molar-refractivity contribution in [2.24, 2.45) is 0 Å². The minimum absolute atomic E-state index is 0.0591. The molecule has 2 aliphatic rings. The van der Waals surface area contributed by atoms with Crippen LogP contribution in [-0.4, -0.2) is 38.8 Å². The van der Waals surface area contributed by atoms with Crippen LogP contribution in [0.1, 0.15) is 57.7 Å². The molecule has 0 aromatic carbocycles. The van der Waals surface area contributed by atoms with Crippen LogP contribution in [0.4, 0.5) is 4.79 Å². The van der Waals surface area contributed by atoms with Crippen molar-refractivity contribution in [3.63, 3.8) is 0 Å². The SMILES string of the molecule is CC(C)(C)OC(=O)N1C2CCC1CC(O)(c1cc(C#N)ccn1)C2. The zero-order valence-corrected chi connectivity index (χ0v) is 14.3. The van der Waals surface area contributed by atoms with E-state index >= 15 is 0 Å². The average Bonchev–Trinajstić information content (AvgIpc) is 2.78. The summed E-state index contributed by atoms with van der Waals surface area (Å²) >= 11 is 0. The molecule has 3 heterocycles. The van der Waals surface area contributed by atoms with Crippen molar-refractivity contribution < 1.29 is 14.6 Å². The average molecular weight is 329 g/mol. The topological polar surface area (TPSA) is 86.5 Å². The number of nitrogens with zero attached hydrogens (tertiary/aromatic N) is 3. The van der Waals surface area contributed by atoms with Crippen molar-refractivity contribution in [1.29, 1.82) is 5.26 Å². The molecule has 1 aromatic heterocycles. The molecule has 24 heavy (non-hydrogen) atoms. The number of ether oxygens (including phenoxy) is 1. The van der Waals surface area contributed by atoms with Gasteiger partial charge in [-0.15, -0.1) is 0 Å². The van der Waals surface area contributed by atoms with Gasteiger partial charge in [0.2, 0.25) is 0 Å². The fourth-order valence-corrected chi connectivity index (χ4v) is 3.80. The van der Waals surface area contributed by atoms with Crippen LogP contribution in [0.25, 0.3) is 0 Å². The molecular weight excluding hydrogens is 306 g/mol. The second-order valence-electron chi connectivity index (χ2n) is 7.75. The Hall–Kier alpha value is -2.13. The maximum absolute atomic E-state index is 12.5. The Morgan fingerprint density at radius 2 is 2.04 bits per heavy atom. The highest BCUT2D eigenvalue weighted by molar-refractivity contribution is 5.69. The number of aromatic nitrogens is 1. The normalized spacial score (nSPS) is 29.2. The van der Waals surface area contributed by atoms with Crippen LogP contribution in [0, 0.1) is 11.3 Å². The van der Waals surface area contributed by atoms with Gasteiger partial charge in [0.1, 0.15) is 11.2 Å². The van der Waals surface area contributed by atoms with E-state index < -0.39 is 11.2 Å². The van der Waals surface area contributed by atoms with Crippen molar-refractivity contribution in [1.82, 2.24) is 9.88 Å². The van der Waals surface area contributed by atoms with Crippen molar-refractivity contribution in [2.45, 2.75) is 69.7 Å². The molecule has 128 valence electrons. The molecule has 2 bridgehead atoms. The minimum Gasteiger partial charge on any atom is -0.444 e. The molecule has 1 N–H and O–H groups in total. The van der Waals surface area contributed by atoms with E-state index in [1.165, 1.54) is 0 Å². The van der Waals surface area contributed by atoms with Gasteiger partial charge in [0.05, 0.1) is 17.3 Å². The van der Waals surface area contributed by atoms with Crippen LogP contribution in [0.15, 0.2) is 18.3 Å². The van der Waals surface area contributed by atoms with Crippen molar-refractivity contribution in [3.8, 4) is 6.07 Å². The quantitative estimate of drug-likeness (QED) is 0.856. The summed E-state index contributed by atoms with van der Waals surface area (Å²) < 4.78 is 5.52. The summed E-state index contributed by atoms with van der Waals surface area (Å²) in [6.45, 7) is 5.55. The van der Waals surface area contributed by atoms with Gasteiger partial charge >= 0.3 is 6.09 Å². The van der Waals surface area contributed by atoms with Gasteiger partial charge in [0.25, 0.3) is 0 Å². The molecule has 3 rings (SSSR count). The van der Waals surface area contributed by atoms with Crippen LogP contribution in [-0.2, 0) is 10.3 Å². The molecule has 0 radical (unpaired) electrons. The van der Waals surface area contributed by atoms with E-state index in [4.69, 9.17) is 10.00 Å². The second-order valence-corrected chi connectivity index (χ2v) is 7.75. The lowest BCUT2D eigenvalue weighted by Crippen LogP contribution is -2.53. The molecule has 6 nitrogen and oxygen atoms in total. The fourth-order valence-electron chi connectivity index (χ4n) is 3.80. The number of aliphatic hydroxyl groups is 1. The number of amides is 1. The molecule has 2 unspecified atom stereocenters. The van der Waals surface area contributed by atoms with E-state index in [0.29, 0.717) is 24.1 Å². The molecule has 0 aliphatic carbocycles. The molecule has 2 saturated heterocycles. The van der Waals surface area contributed by atoms with Gasteiger partial charge < -0.3 is 14.7 Å². The van der Waals surface area contributed by atoms with Gasteiger partial charge in [-0.05, 0) is 45.7 Å². The molecular formula is C18H23N3O3. The Balaban J connectivity index is 1.82. The maximum Gasteiger partial charge on any atom is 0.410 e. The predicted molar refractivity (Wildman–Crippen MR) is 87.0 cm³/mol. The standard InChI is InChI=1S/C18H23N3O3/c1-17(2,3)24-16(22)21-13-4-5-14(21)10-18(23,9-13)15-8-12(11-19)6-7-20-15/h6-8,13-14,23H,4-5,9-10H2,1-3H3. The van der Waals surface area contributed by atoms with Gasteiger partial charge in [0.15, 0.2) is 0 Å². The van der Waals surface area contributed by atoms with Crippen molar-refractivity contribution >= 4 is 6.09 Å². The number of hydrogen-bond acceptors (Lipinski definition) is 5. The van der Waals surface area contributed by atoms with Gasteiger partial charge in [0, 0.05) is 31.1 Å². The third-order valence-corrected chi connectivity index (χ3v) is 4.74. The molecule has 6 heteroatoms. The third-order valence-electron chi connectivity index (χ3n) is 4.74. The lowest BCUT2D eigenvalue weighted by molar-refractivity contribution is -0.0647. The minimum atomic E-state index is -1.10. The number of rotatable bonds is 1. The molecule has 1 aromatic rings. The van der Waals surface area contributed by atoms with Gasteiger partial charge in [-0.1, -0.05) is 0 Å². The van der Waals surface area contributed by atoms with Gasteiger partial charge in [-0.2, -0.15) is 5.26 Å². The first-order valence-corrected chi connectivity index (χ1v) is 8.32. The second kappa shape index (κ2) is 5.75. The smallest absolute Gasteiger partial charge is 0.410 e. The number of piperidine rings is 1. The van der Waals surface area contributed by atoms with Gasteiger partial charge in [-0.25, -0.2) is 4.79 Å². The number of nitriles is 1. The number of carbonyl (C=O) groups excluding carboxylic acids is 1. The first kappa shape index (κ1) is 16.7. The Kier molecular flexibility index (Phi) is 4.00. The summed E-state index contributed by atoms with van der Waals surface area (Å²) in [6, 6.07) is 5.22. The Morgan fingerprint density at radius 3 is 2.58 bits per heavy atom. The van der Waals surface area contributed by atoms with Crippen molar-refractivity contribution in [3.05, 3.63) is 29.6 Å². The summed E-state index contributed by atoms with van der Waals surface area (Å²) in [5.41, 5.74) is -0.637. The zero-order chi connectivity index (χ0) is 17.5. The molecule has 2 aliphatic heterocycles. The summed E-state index contributed by atoms with van der Waals surface area (Å²) in [6.07, 6.45) is 3.79.